The van der Waals surface area contributed by atoms with Gasteiger partial charge in [-0.15, -0.1) is 0 Å². The molecule has 1 aromatic carbocycles. The van der Waals surface area contributed by atoms with E-state index in [9.17, 15) is 9.18 Å². The SMILES string of the molecule is O=C(Cc1cc(-c2ccccc2F)on1)NCc1ccccn1. The molecule has 116 valence electrons. The molecule has 2 aromatic heterocycles. The predicted octanol–water partition coefficient (Wildman–Crippen LogP) is 2.73. The lowest BCUT2D eigenvalue weighted by Gasteiger charge is -2.02. The Morgan fingerprint density at radius 2 is 1.96 bits per heavy atom. The maximum absolute atomic E-state index is 13.7. The van der Waals surface area contributed by atoms with E-state index in [1.54, 1.807) is 30.5 Å². The Labute approximate surface area is 132 Å². The topological polar surface area (TPSA) is 68.0 Å². The highest BCUT2D eigenvalue weighted by Crippen LogP contribution is 2.23. The summed E-state index contributed by atoms with van der Waals surface area (Å²) in [7, 11) is 0. The molecule has 0 saturated heterocycles. The van der Waals surface area contributed by atoms with Crippen LogP contribution in [-0.2, 0) is 17.8 Å². The normalized spacial score (nSPS) is 10.5. The Kier molecular flexibility index (Phi) is 4.42. The summed E-state index contributed by atoms with van der Waals surface area (Å²) >= 11 is 0. The van der Waals surface area contributed by atoms with Crippen molar-refractivity contribution < 1.29 is 13.7 Å². The molecule has 3 rings (SSSR count). The first-order valence-electron chi connectivity index (χ1n) is 7.09. The van der Waals surface area contributed by atoms with Crippen LogP contribution in [0.2, 0.25) is 0 Å². The van der Waals surface area contributed by atoms with Gasteiger partial charge in [-0.05, 0) is 24.3 Å². The molecule has 0 aliphatic rings. The number of rotatable bonds is 5. The molecular formula is C17H14FN3O2. The van der Waals surface area contributed by atoms with Crippen molar-refractivity contribution in [2.75, 3.05) is 0 Å². The van der Waals surface area contributed by atoms with Gasteiger partial charge in [-0.3, -0.25) is 9.78 Å². The van der Waals surface area contributed by atoms with Crippen LogP contribution in [0.5, 0.6) is 0 Å². The molecule has 0 atom stereocenters. The van der Waals surface area contributed by atoms with Gasteiger partial charge in [-0.25, -0.2) is 4.39 Å². The zero-order valence-electron chi connectivity index (χ0n) is 12.2. The minimum absolute atomic E-state index is 0.0603. The zero-order valence-corrected chi connectivity index (χ0v) is 12.2. The van der Waals surface area contributed by atoms with Gasteiger partial charge < -0.3 is 9.84 Å². The molecule has 6 heteroatoms. The van der Waals surface area contributed by atoms with Gasteiger partial charge in [0.15, 0.2) is 5.76 Å². The first-order chi connectivity index (χ1) is 11.2. The molecule has 5 nitrogen and oxygen atoms in total. The van der Waals surface area contributed by atoms with Crippen LogP contribution in [0.4, 0.5) is 4.39 Å². The predicted molar refractivity (Wildman–Crippen MR) is 81.7 cm³/mol. The molecule has 0 spiro atoms. The van der Waals surface area contributed by atoms with Crippen LogP contribution in [-0.4, -0.2) is 16.0 Å². The van der Waals surface area contributed by atoms with Crippen LogP contribution >= 0.6 is 0 Å². The number of benzene rings is 1. The molecule has 2 heterocycles. The minimum atomic E-state index is -0.394. The Balaban J connectivity index is 1.61. The third kappa shape index (κ3) is 3.79. The fraction of sp³-hybridized carbons (Fsp3) is 0.118. The van der Waals surface area contributed by atoms with Gasteiger partial charge in [-0.1, -0.05) is 23.4 Å². The smallest absolute Gasteiger partial charge is 0.226 e. The van der Waals surface area contributed by atoms with Crippen LogP contribution < -0.4 is 5.32 Å². The highest BCUT2D eigenvalue weighted by atomic mass is 19.1. The fourth-order valence-corrected chi connectivity index (χ4v) is 2.10. The first-order valence-corrected chi connectivity index (χ1v) is 7.09. The first kappa shape index (κ1) is 14.9. The van der Waals surface area contributed by atoms with E-state index >= 15 is 0 Å². The van der Waals surface area contributed by atoms with Crippen molar-refractivity contribution >= 4 is 5.91 Å². The van der Waals surface area contributed by atoms with Crippen LogP contribution in [0.15, 0.2) is 59.3 Å². The Bertz CT molecular complexity index is 802. The standard InChI is InChI=1S/C17H14FN3O2/c18-15-7-2-1-6-14(15)16-9-13(21-23-16)10-17(22)20-11-12-5-3-4-8-19-12/h1-9H,10-11H2,(H,20,22). The average molecular weight is 311 g/mol. The second-order valence-electron chi connectivity index (χ2n) is 4.94. The van der Waals surface area contributed by atoms with Crippen molar-refractivity contribution in [3.05, 3.63) is 71.9 Å². The highest BCUT2D eigenvalue weighted by Gasteiger charge is 2.13. The van der Waals surface area contributed by atoms with Gasteiger partial charge >= 0.3 is 0 Å². The quantitative estimate of drug-likeness (QED) is 0.786. The molecule has 1 N–H and O–H groups in total. The third-order valence-corrected chi connectivity index (χ3v) is 3.23. The average Bonchev–Trinajstić information content (AvgIpc) is 3.02. The number of hydrogen-bond donors (Lipinski definition) is 1. The highest BCUT2D eigenvalue weighted by molar-refractivity contribution is 5.78. The number of nitrogens with zero attached hydrogens (tertiary/aromatic N) is 2. The second kappa shape index (κ2) is 6.83. The summed E-state index contributed by atoms with van der Waals surface area (Å²) in [5.41, 5.74) is 1.54. The Hall–Kier alpha value is -3.02. The number of hydrogen-bond acceptors (Lipinski definition) is 4. The third-order valence-electron chi connectivity index (χ3n) is 3.23. The lowest BCUT2D eigenvalue weighted by Crippen LogP contribution is -2.25. The van der Waals surface area contributed by atoms with Crippen molar-refractivity contribution in [1.29, 1.82) is 0 Å². The van der Waals surface area contributed by atoms with Gasteiger partial charge in [0.1, 0.15) is 5.82 Å². The summed E-state index contributed by atoms with van der Waals surface area (Å²) in [5.74, 6) is -0.297. The molecule has 0 aliphatic heterocycles. The maximum atomic E-state index is 13.7. The number of pyridine rings is 1. The van der Waals surface area contributed by atoms with Gasteiger partial charge in [0.25, 0.3) is 0 Å². The molecule has 3 aromatic rings. The summed E-state index contributed by atoms with van der Waals surface area (Å²) < 4.78 is 18.8. The monoisotopic (exact) mass is 311 g/mol. The summed E-state index contributed by atoms with van der Waals surface area (Å²) in [6, 6.07) is 13.3. The van der Waals surface area contributed by atoms with E-state index in [2.05, 4.69) is 15.5 Å². The molecule has 1 amide bonds. The number of nitrogens with one attached hydrogen (secondary N) is 1. The molecular weight excluding hydrogens is 297 g/mol. The number of aromatic nitrogens is 2. The van der Waals surface area contributed by atoms with Crippen LogP contribution in [0.3, 0.4) is 0 Å². The lowest BCUT2D eigenvalue weighted by molar-refractivity contribution is -0.120. The minimum Gasteiger partial charge on any atom is -0.356 e. The Morgan fingerprint density at radius 3 is 2.74 bits per heavy atom. The second-order valence-corrected chi connectivity index (χ2v) is 4.94. The van der Waals surface area contributed by atoms with Crippen molar-refractivity contribution in [1.82, 2.24) is 15.5 Å². The lowest BCUT2D eigenvalue weighted by atomic mass is 10.1. The zero-order chi connectivity index (χ0) is 16.1. The fourth-order valence-electron chi connectivity index (χ4n) is 2.10. The number of carbonyl (C=O) groups excluding carboxylic acids is 1. The van der Waals surface area contributed by atoms with Crippen molar-refractivity contribution in [3.8, 4) is 11.3 Å². The van der Waals surface area contributed by atoms with E-state index in [-0.39, 0.29) is 12.3 Å². The van der Waals surface area contributed by atoms with E-state index in [0.717, 1.165) is 5.69 Å². The summed E-state index contributed by atoms with van der Waals surface area (Å²) in [6.07, 6.45) is 1.73. The number of carbonyl (C=O) groups is 1. The summed E-state index contributed by atoms with van der Waals surface area (Å²) in [6.45, 7) is 0.345. The molecule has 0 bridgehead atoms. The van der Waals surface area contributed by atoms with Crippen LogP contribution in [0.1, 0.15) is 11.4 Å². The van der Waals surface area contributed by atoms with E-state index < -0.39 is 5.82 Å². The van der Waals surface area contributed by atoms with Gasteiger partial charge in [0.2, 0.25) is 5.91 Å². The van der Waals surface area contributed by atoms with Crippen molar-refractivity contribution in [2.45, 2.75) is 13.0 Å². The van der Waals surface area contributed by atoms with Crippen molar-refractivity contribution in [3.63, 3.8) is 0 Å². The largest absolute Gasteiger partial charge is 0.356 e. The van der Waals surface area contributed by atoms with Crippen LogP contribution in [0, 0.1) is 5.82 Å². The van der Waals surface area contributed by atoms with Crippen molar-refractivity contribution in [2.24, 2.45) is 0 Å². The molecule has 0 radical (unpaired) electrons. The van der Waals surface area contributed by atoms with Gasteiger partial charge in [0, 0.05) is 12.3 Å². The molecule has 0 saturated carbocycles. The van der Waals surface area contributed by atoms with Gasteiger partial charge in [0.05, 0.1) is 29.9 Å². The van der Waals surface area contributed by atoms with Gasteiger partial charge in [-0.2, -0.15) is 0 Å². The van der Waals surface area contributed by atoms with Crippen LogP contribution in [0.25, 0.3) is 11.3 Å². The van der Waals surface area contributed by atoms with E-state index in [0.29, 0.717) is 23.6 Å². The van der Waals surface area contributed by atoms with E-state index in [1.807, 2.05) is 18.2 Å². The molecule has 0 unspecified atom stereocenters. The summed E-state index contributed by atoms with van der Waals surface area (Å²) in [5, 5.41) is 6.56. The molecule has 0 fully saturated rings. The summed E-state index contributed by atoms with van der Waals surface area (Å²) in [4.78, 5) is 16.0. The Morgan fingerprint density at radius 1 is 1.13 bits per heavy atom. The maximum Gasteiger partial charge on any atom is 0.226 e. The van der Waals surface area contributed by atoms with E-state index in [1.165, 1.54) is 6.07 Å². The number of halogens is 1. The molecule has 23 heavy (non-hydrogen) atoms. The number of amides is 1. The van der Waals surface area contributed by atoms with E-state index in [4.69, 9.17) is 4.52 Å². The molecule has 0 aliphatic carbocycles.